The Morgan fingerprint density at radius 1 is 0.955 bits per heavy atom. The summed E-state index contributed by atoms with van der Waals surface area (Å²) in [7, 11) is 0. The zero-order valence-corrected chi connectivity index (χ0v) is 11.5. The van der Waals surface area contributed by atoms with Crippen LogP contribution in [-0.2, 0) is 0 Å². The summed E-state index contributed by atoms with van der Waals surface area (Å²) in [6.45, 7) is 0. The van der Waals surface area contributed by atoms with Crippen LogP contribution in [0.5, 0.6) is 0 Å². The van der Waals surface area contributed by atoms with Crippen molar-refractivity contribution in [2.24, 2.45) is 0 Å². The Morgan fingerprint density at radius 3 is 2.41 bits per heavy atom. The number of nitrogens with zero attached hydrogens (tertiary/aromatic N) is 1. The fourth-order valence-corrected chi connectivity index (χ4v) is 3.04. The van der Waals surface area contributed by atoms with Crippen molar-refractivity contribution >= 4 is 33.4 Å². The molecular formula is C18H11NO3. The quantitative estimate of drug-likeness (QED) is 0.388. The first-order chi connectivity index (χ1) is 10.6. The molecule has 0 saturated heterocycles. The van der Waals surface area contributed by atoms with Gasteiger partial charge in [-0.1, -0.05) is 42.5 Å². The van der Waals surface area contributed by atoms with E-state index in [1.807, 2.05) is 48.5 Å². The molecule has 3 aromatic carbocycles. The van der Waals surface area contributed by atoms with Crippen molar-refractivity contribution in [2.75, 3.05) is 0 Å². The summed E-state index contributed by atoms with van der Waals surface area (Å²) in [5, 5.41) is 14.9. The lowest BCUT2D eigenvalue weighted by molar-refractivity contribution is -0.492. The van der Waals surface area contributed by atoms with Gasteiger partial charge in [-0.2, -0.15) is 0 Å². The topological polar surface area (TPSA) is 60.2 Å². The second-order valence-electron chi connectivity index (χ2n) is 5.40. The molecule has 0 heterocycles. The molecule has 0 aromatic heterocycles. The second-order valence-corrected chi connectivity index (χ2v) is 5.40. The van der Waals surface area contributed by atoms with Crippen molar-refractivity contribution in [3.8, 4) is 0 Å². The predicted molar refractivity (Wildman–Crippen MR) is 85.6 cm³/mol. The molecule has 0 radical (unpaired) electrons. The van der Waals surface area contributed by atoms with Crippen molar-refractivity contribution in [3.63, 3.8) is 0 Å². The normalized spacial score (nSPS) is 16.9. The summed E-state index contributed by atoms with van der Waals surface area (Å²) in [6.07, 6.45) is 3.02. The van der Waals surface area contributed by atoms with Crippen LogP contribution in [-0.4, -0.2) is 16.7 Å². The van der Waals surface area contributed by atoms with Crippen molar-refractivity contribution in [1.82, 2.24) is 0 Å². The number of hydrogen-bond donors (Lipinski definition) is 0. The van der Waals surface area contributed by atoms with Gasteiger partial charge >= 0.3 is 0 Å². The van der Waals surface area contributed by atoms with Crippen molar-refractivity contribution in [2.45, 2.75) is 6.04 Å². The van der Waals surface area contributed by atoms with Gasteiger partial charge in [0.15, 0.2) is 0 Å². The highest BCUT2D eigenvalue weighted by molar-refractivity contribution is 6.17. The highest BCUT2D eigenvalue weighted by Gasteiger charge is 2.33. The predicted octanol–water partition coefficient (Wildman–Crippen LogP) is 3.85. The summed E-state index contributed by atoms with van der Waals surface area (Å²) < 4.78 is 0. The van der Waals surface area contributed by atoms with E-state index in [2.05, 4.69) is 0 Å². The number of carbonyl (C=O) groups excluding carboxylic acids is 1. The lowest BCUT2D eigenvalue weighted by atomic mass is 9.88. The van der Waals surface area contributed by atoms with E-state index in [1.165, 1.54) is 6.08 Å². The number of fused-ring (bicyclic) bond motifs is 4. The number of ketones is 1. The Kier molecular flexibility index (Phi) is 2.60. The van der Waals surface area contributed by atoms with Gasteiger partial charge in [0.2, 0.25) is 5.78 Å². The van der Waals surface area contributed by atoms with Crippen LogP contribution in [0.25, 0.3) is 27.6 Å². The lowest BCUT2D eigenvalue weighted by Crippen LogP contribution is -2.30. The van der Waals surface area contributed by atoms with E-state index >= 15 is 0 Å². The van der Waals surface area contributed by atoms with Crippen LogP contribution in [0.3, 0.4) is 0 Å². The smallest absolute Gasteiger partial charge is 0.286 e. The molecule has 106 valence electrons. The van der Waals surface area contributed by atoms with Crippen LogP contribution in [0.4, 0.5) is 0 Å². The third-order valence-corrected chi connectivity index (χ3v) is 4.12. The maximum atomic E-state index is 12.5. The zero-order valence-electron chi connectivity index (χ0n) is 11.5. The molecular weight excluding hydrogens is 278 g/mol. The number of carbonyl (C=O) groups is 1. The van der Waals surface area contributed by atoms with Gasteiger partial charge in [0.25, 0.3) is 6.04 Å². The molecule has 4 heteroatoms. The van der Waals surface area contributed by atoms with Crippen LogP contribution in [0.1, 0.15) is 15.9 Å². The molecule has 0 aliphatic heterocycles. The maximum absolute atomic E-state index is 12.5. The molecule has 1 aliphatic rings. The van der Waals surface area contributed by atoms with E-state index < -0.39 is 16.7 Å². The van der Waals surface area contributed by atoms with E-state index in [-0.39, 0.29) is 0 Å². The Morgan fingerprint density at radius 2 is 1.68 bits per heavy atom. The van der Waals surface area contributed by atoms with Gasteiger partial charge in [-0.05, 0) is 45.3 Å². The highest BCUT2D eigenvalue weighted by atomic mass is 16.6. The fourth-order valence-electron chi connectivity index (χ4n) is 3.04. The van der Waals surface area contributed by atoms with E-state index in [9.17, 15) is 14.9 Å². The highest BCUT2D eigenvalue weighted by Crippen LogP contribution is 2.31. The van der Waals surface area contributed by atoms with Gasteiger partial charge < -0.3 is 0 Å². The van der Waals surface area contributed by atoms with Gasteiger partial charge in [-0.3, -0.25) is 14.9 Å². The lowest BCUT2D eigenvalue weighted by Gasteiger charge is -2.15. The molecule has 0 N–H and O–H groups in total. The molecule has 1 unspecified atom stereocenters. The standard InChI is InChI=1S/C18H11NO3/c20-18-16(19(21)22)8-7-11-5-6-14-9-12-3-1-2-4-13(12)10-15(14)17(11)18/h1-10,16H. The second kappa shape index (κ2) is 4.49. The minimum absolute atomic E-state index is 0.441. The minimum atomic E-state index is -1.29. The number of rotatable bonds is 1. The molecule has 0 bridgehead atoms. The van der Waals surface area contributed by atoms with Crippen molar-refractivity contribution in [1.29, 1.82) is 0 Å². The Bertz CT molecular complexity index is 988. The molecule has 0 saturated carbocycles. The summed E-state index contributed by atoms with van der Waals surface area (Å²) in [5.74, 6) is -0.441. The molecule has 4 rings (SSSR count). The van der Waals surface area contributed by atoms with E-state index in [4.69, 9.17) is 0 Å². The maximum Gasteiger partial charge on any atom is 0.293 e. The third-order valence-electron chi connectivity index (χ3n) is 4.12. The fraction of sp³-hybridized carbons (Fsp3) is 0.0556. The molecule has 1 aliphatic carbocycles. The monoisotopic (exact) mass is 289 g/mol. The summed E-state index contributed by atoms with van der Waals surface area (Å²) in [6, 6.07) is 14.3. The first-order valence-electron chi connectivity index (χ1n) is 6.96. The van der Waals surface area contributed by atoms with Gasteiger partial charge in [0.05, 0.1) is 0 Å². The SMILES string of the molecule is O=C1c2c(ccc3cc4ccccc4cc23)C=CC1[N+](=O)[O-]. The van der Waals surface area contributed by atoms with E-state index in [1.54, 1.807) is 6.08 Å². The number of benzene rings is 3. The molecule has 22 heavy (non-hydrogen) atoms. The zero-order chi connectivity index (χ0) is 15.3. The molecule has 0 spiro atoms. The molecule has 0 amide bonds. The van der Waals surface area contributed by atoms with E-state index in [0.717, 1.165) is 27.1 Å². The van der Waals surface area contributed by atoms with Crippen LogP contribution >= 0.6 is 0 Å². The van der Waals surface area contributed by atoms with Crippen molar-refractivity contribution < 1.29 is 9.72 Å². The first-order valence-corrected chi connectivity index (χ1v) is 6.96. The minimum Gasteiger partial charge on any atom is -0.286 e. The largest absolute Gasteiger partial charge is 0.293 e. The van der Waals surface area contributed by atoms with Crippen LogP contribution in [0, 0.1) is 10.1 Å². The molecule has 3 aromatic rings. The molecule has 4 nitrogen and oxygen atoms in total. The van der Waals surface area contributed by atoms with Crippen LogP contribution < -0.4 is 0 Å². The van der Waals surface area contributed by atoms with Gasteiger partial charge in [-0.25, -0.2) is 0 Å². The molecule has 0 fully saturated rings. The number of Topliss-reactive ketones (excluding diaryl/α,β-unsaturated/α-hetero) is 1. The Hall–Kier alpha value is -3.01. The van der Waals surface area contributed by atoms with Gasteiger partial charge in [0.1, 0.15) is 0 Å². The summed E-state index contributed by atoms with van der Waals surface area (Å²) >= 11 is 0. The van der Waals surface area contributed by atoms with Crippen molar-refractivity contribution in [3.05, 3.63) is 75.8 Å². The number of nitro groups is 1. The summed E-state index contributed by atoms with van der Waals surface area (Å²) in [4.78, 5) is 23.0. The average Bonchev–Trinajstić information content (AvgIpc) is 2.52. The van der Waals surface area contributed by atoms with E-state index in [0.29, 0.717) is 5.56 Å². The van der Waals surface area contributed by atoms with Crippen LogP contribution in [0.2, 0.25) is 0 Å². The van der Waals surface area contributed by atoms with Gasteiger partial charge in [-0.15, -0.1) is 0 Å². The Labute approximate surface area is 125 Å². The summed E-state index contributed by atoms with van der Waals surface area (Å²) in [5.41, 5.74) is 1.19. The van der Waals surface area contributed by atoms with Crippen LogP contribution in [0.15, 0.2) is 54.6 Å². The third kappa shape index (κ3) is 1.74. The average molecular weight is 289 g/mol. The van der Waals surface area contributed by atoms with Gasteiger partial charge in [0, 0.05) is 10.5 Å². The molecule has 1 atom stereocenters. The Balaban J connectivity index is 2.07. The first kappa shape index (κ1) is 12.7. The number of hydrogen-bond acceptors (Lipinski definition) is 3.